The molecule has 3 aromatic carbocycles. The Bertz CT molecular complexity index is 1300. The number of guanidine groups is 1. The lowest BCUT2D eigenvalue weighted by atomic mass is 10.1. The molecule has 8 heteroatoms. The van der Waals surface area contributed by atoms with E-state index in [4.69, 9.17) is 27.9 Å². The molecular weight excluding hydrogens is 459 g/mol. The van der Waals surface area contributed by atoms with Gasteiger partial charge in [0.15, 0.2) is 0 Å². The number of aromatic nitrogens is 1. The number of fused-ring (bicyclic) bond motifs is 1. The fourth-order valence-corrected chi connectivity index (χ4v) is 3.78. The first-order valence-corrected chi connectivity index (χ1v) is 11.1. The third-order valence-electron chi connectivity index (χ3n) is 5.08. The van der Waals surface area contributed by atoms with Crippen molar-refractivity contribution in [3.63, 3.8) is 0 Å². The molecule has 1 amide bonds. The van der Waals surface area contributed by atoms with E-state index in [1.807, 2.05) is 24.4 Å². The maximum atomic E-state index is 12.8. The van der Waals surface area contributed by atoms with E-state index in [1.165, 1.54) is 0 Å². The molecule has 0 saturated carbocycles. The number of methoxy groups -OCH3 is 1. The smallest absolute Gasteiger partial charge is 0.257 e. The van der Waals surface area contributed by atoms with Gasteiger partial charge in [0.1, 0.15) is 5.75 Å². The number of hydrogen-bond acceptors (Lipinski definition) is 3. The number of aromatic amines is 1. The largest absolute Gasteiger partial charge is 0.495 e. The molecule has 1 heterocycles. The molecule has 0 saturated heterocycles. The predicted octanol–water partition coefficient (Wildman–Crippen LogP) is 5.92. The summed E-state index contributed by atoms with van der Waals surface area (Å²) in [6.45, 7) is 0.467. The minimum absolute atomic E-state index is 0.301. The molecule has 168 valence electrons. The molecule has 0 radical (unpaired) electrons. The number of rotatable bonds is 6. The van der Waals surface area contributed by atoms with Crippen LogP contribution in [0.15, 0.2) is 77.9 Å². The predicted molar refractivity (Wildman–Crippen MR) is 135 cm³/mol. The number of nitrogens with one attached hydrogen (secondary N) is 3. The molecule has 0 bridgehead atoms. The average molecular weight is 481 g/mol. The van der Waals surface area contributed by atoms with Gasteiger partial charge in [-0.2, -0.15) is 0 Å². The van der Waals surface area contributed by atoms with Crippen molar-refractivity contribution in [2.75, 3.05) is 19.0 Å². The highest BCUT2D eigenvalue weighted by Crippen LogP contribution is 2.27. The number of ether oxygens (including phenoxy) is 1. The van der Waals surface area contributed by atoms with Gasteiger partial charge in [-0.3, -0.25) is 15.1 Å². The van der Waals surface area contributed by atoms with Gasteiger partial charge in [0.2, 0.25) is 5.96 Å². The maximum Gasteiger partial charge on any atom is 0.257 e. The summed E-state index contributed by atoms with van der Waals surface area (Å²) in [6.07, 6.45) is 2.69. The van der Waals surface area contributed by atoms with Gasteiger partial charge in [-0.15, -0.1) is 0 Å². The molecular formula is C25H22Cl2N4O2. The van der Waals surface area contributed by atoms with Crippen LogP contribution in [0.25, 0.3) is 10.9 Å². The number of carbonyl (C=O) groups is 1. The van der Waals surface area contributed by atoms with Crippen molar-refractivity contribution in [1.29, 1.82) is 0 Å². The zero-order chi connectivity index (χ0) is 23.2. The van der Waals surface area contributed by atoms with Gasteiger partial charge >= 0.3 is 0 Å². The van der Waals surface area contributed by atoms with Gasteiger partial charge in [0.05, 0.1) is 12.1 Å². The highest BCUT2D eigenvalue weighted by atomic mass is 35.5. The Labute approximate surface area is 201 Å². The van der Waals surface area contributed by atoms with Crippen LogP contribution in [0.2, 0.25) is 10.0 Å². The van der Waals surface area contributed by atoms with Crippen molar-refractivity contribution in [1.82, 2.24) is 10.3 Å². The minimum Gasteiger partial charge on any atom is -0.495 e. The molecule has 4 rings (SSSR count). The second-order valence-electron chi connectivity index (χ2n) is 7.28. The standard InChI is InChI=1S/C25H22Cl2N4O2/c1-33-23-11-10-19(14-21(23)27)30-25(31-24(32)16-6-8-18(26)9-7-16)28-13-12-17-15-29-22-5-3-2-4-20(17)22/h2-11,14-15,29H,12-13H2,1H3,(H2,28,30,31,32). The van der Waals surface area contributed by atoms with Crippen LogP contribution in [0.4, 0.5) is 5.69 Å². The maximum absolute atomic E-state index is 12.8. The highest BCUT2D eigenvalue weighted by molar-refractivity contribution is 6.32. The Morgan fingerprint density at radius 1 is 1.06 bits per heavy atom. The number of amides is 1. The molecule has 0 aliphatic heterocycles. The van der Waals surface area contributed by atoms with Gasteiger partial charge in [0, 0.05) is 39.9 Å². The zero-order valence-corrected chi connectivity index (χ0v) is 19.4. The van der Waals surface area contributed by atoms with Gasteiger partial charge < -0.3 is 15.0 Å². The van der Waals surface area contributed by atoms with Gasteiger partial charge in [0.25, 0.3) is 5.91 Å². The molecule has 4 aromatic rings. The molecule has 0 fully saturated rings. The highest BCUT2D eigenvalue weighted by Gasteiger charge is 2.11. The Balaban J connectivity index is 1.53. The van der Waals surface area contributed by atoms with E-state index in [0.29, 0.717) is 46.0 Å². The minimum atomic E-state index is -0.301. The lowest BCUT2D eigenvalue weighted by Crippen LogP contribution is -2.36. The Morgan fingerprint density at radius 3 is 2.61 bits per heavy atom. The first-order chi connectivity index (χ1) is 16.0. The van der Waals surface area contributed by atoms with E-state index in [9.17, 15) is 4.79 Å². The van der Waals surface area contributed by atoms with Crippen molar-refractivity contribution < 1.29 is 9.53 Å². The third kappa shape index (κ3) is 5.66. The molecule has 1 aromatic heterocycles. The first kappa shape index (κ1) is 22.7. The number of H-pyrrole nitrogens is 1. The molecule has 0 spiro atoms. The summed E-state index contributed by atoms with van der Waals surface area (Å²) in [6, 6.07) is 20.0. The number of nitrogens with zero attached hydrogens (tertiary/aromatic N) is 1. The van der Waals surface area contributed by atoms with E-state index in [0.717, 1.165) is 16.5 Å². The molecule has 0 unspecified atom stereocenters. The summed E-state index contributed by atoms with van der Waals surface area (Å²) >= 11 is 12.2. The Kier molecular flexibility index (Phi) is 7.17. The number of benzene rings is 3. The van der Waals surface area contributed by atoms with E-state index in [2.05, 4.69) is 26.7 Å². The lowest BCUT2D eigenvalue weighted by molar-refractivity contribution is 0.0977. The zero-order valence-electron chi connectivity index (χ0n) is 17.9. The van der Waals surface area contributed by atoms with E-state index in [1.54, 1.807) is 49.6 Å². The van der Waals surface area contributed by atoms with Crippen molar-refractivity contribution in [2.24, 2.45) is 4.99 Å². The number of hydrogen-bond donors (Lipinski definition) is 3. The summed E-state index contributed by atoms with van der Waals surface area (Å²) in [5, 5.41) is 8.16. The van der Waals surface area contributed by atoms with Crippen molar-refractivity contribution in [3.8, 4) is 5.75 Å². The van der Waals surface area contributed by atoms with Crippen LogP contribution in [-0.2, 0) is 6.42 Å². The Morgan fingerprint density at radius 2 is 1.85 bits per heavy atom. The van der Waals surface area contributed by atoms with Crippen LogP contribution in [0.5, 0.6) is 5.75 Å². The summed E-state index contributed by atoms with van der Waals surface area (Å²) in [5.74, 6) is 0.575. The molecule has 3 N–H and O–H groups in total. The van der Waals surface area contributed by atoms with E-state index in [-0.39, 0.29) is 5.91 Å². The third-order valence-corrected chi connectivity index (χ3v) is 5.63. The first-order valence-electron chi connectivity index (χ1n) is 10.3. The van der Waals surface area contributed by atoms with Gasteiger partial charge in [-0.05, 0) is 60.5 Å². The molecule has 33 heavy (non-hydrogen) atoms. The van der Waals surface area contributed by atoms with Crippen LogP contribution in [0.3, 0.4) is 0 Å². The molecule has 0 aliphatic rings. The quantitative estimate of drug-likeness (QED) is 0.236. The fourth-order valence-electron chi connectivity index (χ4n) is 3.40. The van der Waals surface area contributed by atoms with Crippen LogP contribution in [-0.4, -0.2) is 30.5 Å². The number of halogens is 2. The van der Waals surface area contributed by atoms with Crippen LogP contribution >= 0.6 is 23.2 Å². The molecule has 6 nitrogen and oxygen atoms in total. The van der Waals surface area contributed by atoms with Gasteiger partial charge in [-0.25, -0.2) is 0 Å². The second kappa shape index (κ2) is 10.4. The number of carbonyl (C=O) groups excluding carboxylic acids is 1. The number of aliphatic imine (C=N–C) groups is 1. The van der Waals surface area contributed by atoms with E-state index >= 15 is 0 Å². The summed E-state index contributed by atoms with van der Waals surface area (Å²) in [5.41, 5.74) is 3.38. The second-order valence-corrected chi connectivity index (χ2v) is 8.12. The van der Waals surface area contributed by atoms with E-state index < -0.39 is 0 Å². The van der Waals surface area contributed by atoms with Crippen molar-refractivity contribution in [3.05, 3.63) is 94.1 Å². The van der Waals surface area contributed by atoms with Crippen molar-refractivity contribution >= 4 is 51.7 Å². The number of anilines is 1. The van der Waals surface area contributed by atoms with Crippen LogP contribution < -0.4 is 15.4 Å². The van der Waals surface area contributed by atoms with Gasteiger partial charge in [-0.1, -0.05) is 41.4 Å². The summed E-state index contributed by atoms with van der Waals surface area (Å²) in [7, 11) is 1.55. The summed E-state index contributed by atoms with van der Waals surface area (Å²) < 4.78 is 5.20. The summed E-state index contributed by atoms with van der Waals surface area (Å²) in [4.78, 5) is 20.7. The molecule has 0 atom stereocenters. The fraction of sp³-hybridized carbons (Fsp3) is 0.120. The average Bonchev–Trinajstić information content (AvgIpc) is 3.23. The van der Waals surface area contributed by atoms with Crippen molar-refractivity contribution in [2.45, 2.75) is 6.42 Å². The normalized spacial score (nSPS) is 11.4. The van der Waals surface area contributed by atoms with Crippen LogP contribution in [0.1, 0.15) is 15.9 Å². The number of para-hydroxylation sites is 1. The lowest BCUT2D eigenvalue weighted by Gasteiger charge is -2.13. The monoisotopic (exact) mass is 480 g/mol. The Hall–Kier alpha value is -3.48. The van der Waals surface area contributed by atoms with Crippen LogP contribution in [0, 0.1) is 0 Å². The molecule has 0 aliphatic carbocycles. The SMILES string of the molecule is COc1ccc(NC(=NCCc2c[nH]c3ccccc23)NC(=O)c2ccc(Cl)cc2)cc1Cl. The topological polar surface area (TPSA) is 78.5 Å².